The quantitative estimate of drug-likeness (QED) is 0.606. The molecule has 0 saturated heterocycles. The average molecular weight is 343 g/mol. The van der Waals surface area contributed by atoms with Crippen molar-refractivity contribution in [1.29, 1.82) is 0 Å². The minimum Gasteiger partial charge on any atom is -0.496 e. The summed E-state index contributed by atoms with van der Waals surface area (Å²) >= 11 is 6.26. The highest BCUT2D eigenvalue weighted by atomic mass is 35.5. The molecule has 0 aliphatic heterocycles. The van der Waals surface area contributed by atoms with Gasteiger partial charge in [-0.05, 0) is 24.3 Å². The predicted octanol–water partition coefficient (Wildman–Crippen LogP) is 4.50. The minimum absolute atomic E-state index is 0.0320. The van der Waals surface area contributed by atoms with E-state index in [1.807, 2.05) is 60.7 Å². The highest BCUT2D eigenvalue weighted by Crippen LogP contribution is 2.31. The maximum Gasteiger partial charge on any atom is 0.176 e. The normalized spacial score (nSPS) is 22.4. The van der Waals surface area contributed by atoms with Gasteiger partial charge >= 0.3 is 0 Å². The standard InChI is InChI=1S/C20H19ClO3/c1-23-19-10-6-5-7-14(19)11-15-12-17(13-18(21)20(15)22)24-16-8-3-2-4-9-16/h2-11,17-18H,12-13H2,1H3. The number of Topliss-reactive ketones (excluding diaryl/α,β-unsaturated/α-hetero) is 1. The number of hydrogen-bond acceptors (Lipinski definition) is 3. The van der Waals surface area contributed by atoms with Gasteiger partial charge in [-0.3, -0.25) is 4.79 Å². The summed E-state index contributed by atoms with van der Waals surface area (Å²) in [5, 5.41) is -0.562. The number of alkyl halides is 1. The third kappa shape index (κ3) is 3.80. The second kappa shape index (κ2) is 7.54. The fourth-order valence-electron chi connectivity index (χ4n) is 2.85. The molecule has 0 spiro atoms. The smallest absolute Gasteiger partial charge is 0.176 e. The van der Waals surface area contributed by atoms with Crippen LogP contribution in [0.4, 0.5) is 0 Å². The van der Waals surface area contributed by atoms with Crippen molar-refractivity contribution in [2.75, 3.05) is 7.11 Å². The topological polar surface area (TPSA) is 35.5 Å². The Kier molecular flexibility index (Phi) is 5.21. The molecule has 124 valence electrons. The molecule has 4 heteroatoms. The van der Waals surface area contributed by atoms with E-state index < -0.39 is 5.38 Å². The zero-order chi connectivity index (χ0) is 16.9. The summed E-state index contributed by atoms with van der Waals surface area (Å²) in [5.41, 5.74) is 1.54. The number of rotatable bonds is 4. The van der Waals surface area contributed by atoms with Crippen LogP contribution in [-0.2, 0) is 4.79 Å². The van der Waals surface area contributed by atoms with Crippen molar-refractivity contribution >= 4 is 23.5 Å². The zero-order valence-electron chi connectivity index (χ0n) is 13.4. The van der Waals surface area contributed by atoms with E-state index in [2.05, 4.69) is 0 Å². The van der Waals surface area contributed by atoms with Gasteiger partial charge in [0, 0.05) is 24.0 Å². The first kappa shape index (κ1) is 16.6. The number of para-hydroxylation sites is 2. The van der Waals surface area contributed by atoms with Crippen LogP contribution in [0, 0.1) is 0 Å². The van der Waals surface area contributed by atoms with Gasteiger partial charge < -0.3 is 9.47 Å². The van der Waals surface area contributed by atoms with Gasteiger partial charge in [0.05, 0.1) is 12.5 Å². The second-order valence-electron chi connectivity index (χ2n) is 5.74. The average Bonchev–Trinajstić information content (AvgIpc) is 2.60. The Labute approximate surface area is 146 Å². The highest BCUT2D eigenvalue weighted by molar-refractivity contribution is 6.34. The Bertz CT molecular complexity index is 740. The highest BCUT2D eigenvalue weighted by Gasteiger charge is 2.32. The van der Waals surface area contributed by atoms with Crippen LogP contribution in [-0.4, -0.2) is 24.4 Å². The van der Waals surface area contributed by atoms with Crippen LogP contribution in [0.1, 0.15) is 18.4 Å². The Balaban J connectivity index is 1.83. The molecule has 3 nitrogen and oxygen atoms in total. The van der Waals surface area contributed by atoms with Gasteiger partial charge in [0.2, 0.25) is 0 Å². The monoisotopic (exact) mass is 342 g/mol. The van der Waals surface area contributed by atoms with Gasteiger partial charge in [-0.25, -0.2) is 0 Å². The van der Waals surface area contributed by atoms with E-state index in [0.717, 1.165) is 17.1 Å². The molecule has 1 aliphatic rings. The van der Waals surface area contributed by atoms with Gasteiger partial charge in [0.15, 0.2) is 5.78 Å². The molecule has 0 aromatic heterocycles. The summed E-state index contributed by atoms with van der Waals surface area (Å²) in [6.07, 6.45) is 2.79. The summed E-state index contributed by atoms with van der Waals surface area (Å²) in [5.74, 6) is 1.49. The molecule has 0 heterocycles. The lowest BCUT2D eigenvalue weighted by Crippen LogP contribution is -2.34. The molecular formula is C20H19ClO3. The van der Waals surface area contributed by atoms with Crippen LogP contribution < -0.4 is 9.47 Å². The van der Waals surface area contributed by atoms with Crippen molar-refractivity contribution in [3.8, 4) is 11.5 Å². The Morgan fingerprint density at radius 3 is 2.54 bits per heavy atom. The number of hydrogen-bond donors (Lipinski definition) is 0. The van der Waals surface area contributed by atoms with Crippen LogP contribution in [0.15, 0.2) is 60.2 Å². The second-order valence-corrected chi connectivity index (χ2v) is 6.26. The molecule has 1 aliphatic carbocycles. The summed E-state index contributed by atoms with van der Waals surface area (Å²) in [6, 6.07) is 17.2. The van der Waals surface area contributed by atoms with Crippen LogP contribution in [0.5, 0.6) is 11.5 Å². The van der Waals surface area contributed by atoms with Gasteiger partial charge in [0.1, 0.15) is 17.6 Å². The van der Waals surface area contributed by atoms with Crippen LogP contribution in [0.25, 0.3) is 6.08 Å². The fraction of sp³-hybridized carbons (Fsp3) is 0.250. The molecule has 1 saturated carbocycles. The number of methoxy groups -OCH3 is 1. The third-order valence-corrected chi connectivity index (χ3v) is 4.41. The van der Waals surface area contributed by atoms with Crippen molar-refractivity contribution in [3.05, 3.63) is 65.7 Å². The SMILES string of the molecule is COc1ccccc1C=C1CC(Oc2ccccc2)CC(Cl)C1=O. The van der Waals surface area contributed by atoms with Gasteiger partial charge in [0.25, 0.3) is 0 Å². The van der Waals surface area contributed by atoms with E-state index in [0.29, 0.717) is 18.4 Å². The summed E-state index contributed by atoms with van der Waals surface area (Å²) in [6.45, 7) is 0. The van der Waals surface area contributed by atoms with E-state index in [1.165, 1.54) is 0 Å². The zero-order valence-corrected chi connectivity index (χ0v) is 14.2. The molecule has 3 rings (SSSR count). The molecule has 2 unspecified atom stereocenters. The number of benzene rings is 2. The molecule has 2 aromatic rings. The number of halogens is 1. The largest absolute Gasteiger partial charge is 0.496 e. The van der Waals surface area contributed by atoms with Crippen molar-refractivity contribution in [1.82, 2.24) is 0 Å². The molecule has 0 bridgehead atoms. The Morgan fingerprint density at radius 2 is 1.79 bits per heavy atom. The third-order valence-electron chi connectivity index (χ3n) is 4.03. The first-order valence-electron chi connectivity index (χ1n) is 7.91. The molecule has 1 fully saturated rings. The maximum absolute atomic E-state index is 12.4. The van der Waals surface area contributed by atoms with Crippen LogP contribution in [0.2, 0.25) is 0 Å². The van der Waals surface area contributed by atoms with E-state index in [9.17, 15) is 4.79 Å². The summed E-state index contributed by atoms with van der Waals surface area (Å²) in [4.78, 5) is 12.4. The van der Waals surface area contributed by atoms with E-state index in [1.54, 1.807) is 7.11 Å². The molecule has 0 amide bonds. The fourth-order valence-corrected chi connectivity index (χ4v) is 3.19. The molecule has 24 heavy (non-hydrogen) atoms. The molecule has 0 radical (unpaired) electrons. The first-order valence-corrected chi connectivity index (χ1v) is 8.34. The Hall–Kier alpha value is -2.26. The summed E-state index contributed by atoms with van der Waals surface area (Å²) < 4.78 is 11.3. The predicted molar refractivity (Wildman–Crippen MR) is 95.7 cm³/mol. The van der Waals surface area contributed by atoms with Gasteiger partial charge in [-0.1, -0.05) is 36.4 Å². The van der Waals surface area contributed by atoms with E-state index in [4.69, 9.17) is 21.1 Å². The van der Waals surface area contributed by atoms with Crippen LogP contribution >= 0.6 is 11.6 Å². The maximum atomic E-state index is 12.4. The Morgan fingerprint density at radius 1 is 1.08 bits per heavy atom. The first-order chi connectivity index (χ1) is 11.7. The van der Waals surface area contributed by atoms with Gasteiger partial charge in [-0.15, -0.1) is 11.6 Å². The van der Waals surface area contributed by atoms with E-state index >= 15 is 0 Å². The molecule has 0 N–H and O–H groups in total. The lowest BCUT2D eigenvalue weighted by atomic mass is 9.89. The van der Waals surface area contributed by atoms with Gasteiger partial charge in [-0.2, -0.15) is 0 Å². The van der Waals surface area contributed by atoms with Crippen LogP contribution in [0.3, 0.4) is 0 Å². The number of ether oxygens (including phenoxy) is 2. The molecule has 2 atom stereocenters. The van der Waals surface area contributed by atoms with Crippen molar-refractivity contribution in [3.63, 3.8) is 0 Å². The lowest BCUT2D eigenvalue weighted by Gasteiger charge is -2.27. The van der Waals surface area contributed by atoms with Crippen molar-refractivity contribution in [2.24, 2.45) is 0 Å². The van der Waals surface area contributed by atoms with E-state index in [-0.39, 0.29) is 11.9 Å². The van der Waals surface area contributed by atoms with Crippen molar-refractivity contribution in [2.45, 2.75) is 24.3 Å². The number of carbonyl (C=O) groups excluding carboxylic acids is 1. The molecular weight excluding hydrogens is 324 g/mol. The minimum atomic E-state index is -0.562. The lowest BCUT2D eigenvalue weighted by molar-refractivity contribution is -0.117. The molecule has 2 aromatic carbocycles. The number of carbonyl (C=O) groups is 1. The summed E-state index contributed by atoms with van der Waals surface area (Å²) in [7, 11) is 1.62. The van der Waals surface area contributed by atoms with Crippen molar-refractivity contribution < 1.29 is 14.3 Å². The number of ketones is 1.